The van der Waals surface area contributed by atoms with Crippen LogP contribution in [0.4, 0.5) is 5.95 Å². The van der Waals surface area contributed by atoms with Crippen molar-refractivity contribution >= 4 is 40.1 Å². The van der Waals surface area contributed by atoms with Gasteiger partial charge in [-0.2, -0.15) is 0 Å². The molecule has 204 valence electrons. The zero-order valence-corrected chi connectivity index (χ0v) is 22.9. The van der Waals surface area contributed by atoms with E-state index >= 15 is 0 Å². The van der Waals surface area contributed by atoms with Crippen LogP contribution in [0.25, 0.3) is 21.7 Å². The first-order chi connectivity index (χ1) is 19.0. The van der Waals surface area contributed by atoms with Gasteiger partial charge in [-0.15, -0.1) is 11.3 Å². The third-order valence-corrected chi connectivity index (χ3v) is 7.94. The fourth-order valence-corrected chi connectivity index (χ4v) is 5.76. The monoisotopic (exact) mass is 548 g/mol. The van der Waals surface area contributed by atoms with Crippen LogP contribution in [0.1, 0.15) is 35.0 Å². The summed E-state index contributed by atoms with van der Waals surface area (Å²) in [5.41, 5.74) is 2.75. The number of rotatable bonds is 11. The fraction of sp³-hybridized carbons (Fsp3) is 0.357. The van der Waals surface area contributed by atoms with Crippen LogP contribution in [0.3, 0.4) is 0 Å². The van der Waals surface area contributed by atoms with Crippen LogP contribution in [-0.4, -0.2) is 63.6 Å². The standard InChI is InChI=1S/C28H32N6O4S/c1-4-26(35)33-11-5-6-20(33)15-34-22-8-7-19(13-30-18(2)16-37-3)12-21(22)31-28(34)32-27(36)25-10-9-24(39-25)23-14-29-17-38-23/h4,7-10,12,14,17-18,20,30H,1,5-6,11,13,15-16H2,2-3H3,(H,31,32,36)/t18-,20-/m1/s1. The summed E-state index contributed by atoms with van der Waals surface area (Å²) < 4.78 is 12.6. The Balaban J connectivity index is 1.43. The molecule has 4 aromatic rings. The minimum absolute atomic E-state index is 0.0143. The van der Waals surface area contributed by atoms with Gasteiger partial charge in [-0.3, -0.25) is 14.9 Å². The number of ether oxygens (including phenoxy) is 1. The highest BCUT2D eigenvalue weighted by Crippen LogP contribution is 2.30. The number of anilines is 1. The number of hydrogen-bond donors (Lipinski definition) is 2. The largest absolute Gasteiger partial charge is 0.443 e. The lowest BCUT2D eigenvalue weighted by Gasteiger charge is -2.24. The van der Waals surface area contributed by atoms with Gasteiger partial charge in [-0.1, -0.05) is 12.6 Å². The van der Waals surface area contributed by atoms with Crippen molar-refractivity contribution in [1.29, 1.82) is 0 Å². The summed E-state index contributed by atoms with van der Waals surface area (Å²) in [4.78, 5) is 37.7. The van der Waals surface area contributed by atoms with Gasteiger partial charge in [-0.05, 0) is 55.7 Å². The summed E-state index contributed by atoms with van der Waals surface area (Å²) in [5, 5.41) is 6.46. The number of likely N-dealkylation sites (tertiary alicyclic amines) is 1. The van der Waals surface area contributed by atoms with E-state index < -0.39 is 0 Å². The van der Waals surface area contributed by atoms with Gasteiger partial charge in [0.05, 0.1) is 39.6 Å². The van der Waals surface area contributed by atoms with E-state index in [4.69, 9.17) is 14.1 Å². The van der Waals surface area contributed by atoms with Crippen molar-refractivity contribution in [3.63, 3.8) is 0 Å². The number of fused-ring (bicyclic) bond motifs is 1. The smallest absolute Gasteiger partial charge is 0.268 e. The van der Waals surface area contributed by atoms with E-state index in [1.807, 2.05) is 27.7 Å². The Morgan fingerprint density at radius 3 is 2.97 bits per heavy atom. The fourth-order valence-electron chi connectivity index (χ4n) is 4.90. The lowest BCUT2D eigenvalue weighted by Crippen LogP contribution is -2.37. The number of methoxy groups -OCH3 is 1. The number of nitrogens with zero attached hydrogens (tertiary/aromatic N) is 4. The number of carbonyl (C=O) groups excluding carboxylic acids is 2. The number of carbonyl (C=O) groups is 2. The Bertz CT molecular complexity index is 1460. The Morgan fingerprint density at radius 2 is 2.21 bits per heavy atom. The van der Waals surface area contributed by atoms with E-state index in [1.54, 1.807) is 19.4 Å². The molecule has 0 aliphatic carbocycles. The Morgan fingerprint density at radius 1 is 1.33 bits per heavy atom. The number of thiophene rings is 1. The molecule has 1 aliphatic rings. The number of nitrogens with one attached hydrogen (secondary N) is 2. The molecule has 0 saturated carbocycles. The van der Waals surface area contributed by atoms with Gasteiger partial charge < -0.3 is 23.9 Å². The number of benzene rings is 1. The highest BCUT2D eigenvalue weighted by Gasteiger charge is 2.29. The van der Waals surface area contributed by atoms with Crippen LogP contribution >= 0.6 is 11.3 Å². The number of oxazole rings is 1. The topological polar surface area (TPSA) is 115 Å². The average Bonchev–Trinajstić information content (AvgIpc) is 3.74. The quantitative estimate of drug-likeness (QED) is 0.269. The molecule has 1 fully saturated rings. The van der Waals surface area contributed by atoms with Crippen LogP contribution in [0.2, 0.25) is 0 Å². The normalized spacial score (nSPS) is 16.1. The van der Waals surface area contributed by atoms with Gasteiger partial charge in [0.1, 0.15) is 0 Å². The Labute approximate surface area is 230 Å². The molecule has 2 atom stereocenters. The first-order valence-corrected chi connectivity index (χ1v) is 13.7. The summed E-state index contributed by atoms with van der Waals surface area (Å²) in [5.74, 6) is 0.716. The third-order valence-electron chi connectivity index (χ3n) is 6.84. The van der Waals surface area contributed by atoms with Crippen LogP contribution in [0.15, 0.2) is 60.0 Å². The molecule has 39 heavy (non-hydrogen) atoms. The van der Waals surface area contributed by atoms with E-state index in [0.29, 0.717) is 42.8 Å². The lowest BCUT2D eigenvalue weighted by atomic mass is 10.1. The first kappa shape index (κ1) is 26.8. The van der Waals surface area contributed by atoms with Gasteiger partial charge in [0.15, 0.2) is 12.2 Å². The van der Waals surface area contributed by atoms with Crippen molar-refractivity contribution < 1.29 is 18.7 Å². The van der Waals surface area contributed by atoms with E-state index in [9.17, 15) is 9.59 Å². The summed E-state index contributed by atoms with van der Waals surface area (Å²) in [7, 11) is 1.69. The van der Waals surface area contributed by atoms with E-state index in [1.165, 1.54) is 23.8 Å². The summed E-state index contributed by atoms with van der Waals surface area (Å²) in [6.07, 6.45) is 6.14. The minimum Gasteiger partial charge on any atom is -0.443 e. The number of hydrogen-bond acceptors (Lipinski definition) is 8. The molecule has 5 rings (SSSR count). The van der Waals surface area contributed by atoms with Gasteiger partial charge in [-0.25, -0.2) is 9.97 Å². The zero-order valence-electron chi connectivity index (χ0n) is 22.1. The average molecular weight is 549 g/mol. The lowest BCUT2D eigenvalue weighted by molar-refractivity contribution is -0.126. The molecule has 2 N–H and O–H groups in total. The molecule has 0 spiro atoms. The maximum absolute atomic E-state index is 13.3. The van der Waals surface area contributed by atoms with Gasteiger partial charge in [0.2, 0.25) is 11.9 Å². The predicted molar refractivity (Wildman–Crippen MR) is 151 cm³/mol. The molecule has 1 aliphatic heterocycles. The maximum atomic E-state index is 13.3. The highest BCUT2D eigenvalue weighted by molar-refractivity contribution is 7.17. The molecular formula is C28H32N6O4S. The molecular weight excluding hydrogens is 516 g/mol. The van der Waals surface area contributed by atoms with E-state index in [0.717, 1.165) is 34.3 Å². The summed E-state index contributed by atoms with van der Waals surface area (Å²) in [6, 6.07) is 9.91. The molecule has 11 heteroatoms. The van der Waals surface area contributed by atoms with Crippen molar-refractivity contribution in [3.05, 3.63) is 66.0 Å². The van der Waals surface area contributed by atoms with Gasteiger partial charge in [0, 0.05) is 32.8 Å². The molecule has 0 radical (unpaired) electrons. The molecule has 0 bridgehead atoms. The summed E-state index contributed by atoms with van der Waals surface area (Å²) >= 11 is 1.32. The molecule has 1 saturated heterocycles. The second-order valence-corrected chi connectivity index (χ2v) is 10.7. The van der Waals surface area contributed by atoms with E-state index in [2.05, 4.69) is 35.2 Å². The van der Waals surface area contributed by atoms with Crippen LogP contribution in [0.5, 0.6) is 0 Å². The highest BCUT2D eigenvalue weighted by atomic mass is 32.1. The van der Waals surface area contributed by atoms with Crippen molar-refractivity contribution in [2.24, 2.45) is 0 Å². The Hall–Kier alpha value is -3.80. The van der Waals surface area contributed by atoms with Gasteiger partial charge >= 0.3 is 0 Å². The molecule has 10 nitrogen and oxygen atoms in total. The minimum atomic E-state index is -0.261. The maximum Gasteiger partial charge on any atom is 0.268 e. The molecule has 3 aromatic heterocycles. The SMILES string of the molecule is C=CC(=O)N1CCC[C@@H]1Cn1c(NC(=O)c2ccc(-c3cnco3)s2)nc2cc(CN[C@H](C)COC)ccc21. The predicted octanol–water partition coefficient (Wildman–Crippen LogP) is 4.31. The molecule has 1 aromatic carbocycles. The zero-order chi connectivity index (χ0) is 27.4. The van der Waals surface area contributed by atoms with Crippen LogP contribution < -0.4 is 10.6 Å². The van der Waals surface area contributed by atoms with Crippen molar-refractivity contribution in [3.8, 4) is 10.6 Å². The van der Waals surface area contributed by atoms with Crippen molar-refractivity contribution in [2.45, 2.75) is 44.9 Å². The van der Waals surface area contributed by atoms with Crippen molar-refractivity contribution in [1.82, 2.24) is 24.8 Å². The first-order valence-electron chi connectivity index (χ1n) is 12.9. The number of aromatic nitrogens is 3. The number of imidazole rings is 1. The van der Waals surface area contributed by atoms with Crippen LogP contribution in [-0.2, 0) is 22.6 Å². The van der Waals surface area contributed by atoms with E-state index in [-0.39, 0.29) is 23.9 Å². The van der Waals surface area contributed by atoms with Crippen molar-refractivity contribution in [2.75, 3.05) is 25.6 Å². The summed E-state index contributed by atoms with van der Waals surface area (Å²) in [6.45, 7) is 8.22. The van der Waals surface area contributed by atoms with Crippen LogP contribution in [0, 0.1) is 0 Å². The number of amides is 2. The molecule has 4 heterocycles. The second kappa shape index (κ2) is 11.9. The molecule has 2 amide bonds. The second-order valence-electron chi connectivity index (χ2n) is 9.62. The molecule has 0 unspecified atom stereocenters. The Kier molecular flexibility index (Phi) is 8.20. The third kappa shape index (κ3) is 5.95. The van der Waals surface area contributed by atoms with Gasteiger partial charge in [0.25, 0.3) is 5.91 Å².